The molecule has 1 aliphatic rings. The molecule has 0 radical (unpaired) electrons. The van der Waals surface area contributed by atoms with Crippen LogP contribution in [0.3, 0.4) is 0 Å². The predicted octanol–water partition coefficient (Wildman–Crippen LogP) is 2.23. The van der Waals surface area contributed by atoms with E-state index in [-0.39, 0.29) is 11.7 Å². The third-order valence-electron chi connectivity index (χ3n) is 3.46. The van der Waals surface area contributed by atoms with Gasteiger partial charge < -0.3 is 9.64 Å². The van der Waals surface area contributed by atoms with Crippen LogP contribution in [-0.4, -0.2) is 52.8 Å². The highest BCUT2D eigenvalue weighted by molar-refractivity contribution is 7.99. The monoisotopic (exact) mass is 333 g/mol. The van der Waals surface area contributed by atoms with Gasteiger partial charge in [-0.2, -0.15) is 0 Å². The van der Waals surface area contributed by atoms with E-state index in [1.54, 1.807) is 29.3 Å². The van der Waals surface area contributed by atoms with Crippen molar-refractivity contribution in [2.24, 2.45) is 0 Å². The maximum absolute atomic E-state index is 13.0. The molecule has 0 spiro atoms. The average Bonchev–Trinajstić information content (AvgIpc) is 2.61. The van der Waals surface area contributed by atoms with Crippen LogP contribution in [0.4, 0.5) is 4.39 Å². The highest BCUT2D eigenvalue weighted by Gasteiger charge is 2.17. The van der Waals surface area contributed by atoms with Crippen molar-refractivity contribution in [1.29, 1.82) is 0 Å². The highest BCUT2D eigenvalue weighted by atomic mass is 32.2. The lowest BCUT2D eigenvalue weighted by molar-refractivity contribution is -0.132. The smallest absolute Gasteiger partial charge is 0.233 e. The number of thioether (sulfide) groups is 1. The molecule has 0 bridgehead atoms. The largest absolute Gasteiger partial charge is 0.378 e. The Labute approximate surface area is 137 Å². The molecule has 1 aromatic heterocycles. The van der Waals surface area contributed by atoms with Gasteiger partial charge in [0.05, 0.1) is 24.7 Å². The van der Waals surface area contributed by atoms with E-state index in [0.29, 0.717) is 42.9 Å². The first kappa shape index (κ1) is 15.9. The molecule has 23 heavy (non-hydrogen) atoms. The lowest BCUT2D eigenvalue weighted by atomic mass is 10.1. The highest BCUT2D eigenvalue weighted by Crippen LogP contribution is 2.20. The summed E-state index contributed by atoms with van der Waals surface area (Å²) in [6.07, 6.45) is 1.65. The second-order valence-electron chi connectivity index (χ2n) is 5.01. The molecule has 0 saturated carbocycles. The number of hydrogen-bond acceptors (Lipinski definition) is 5. The normalized spacial score (nSPS) is 14.7. The summed E-state index contributed by atoms with van der Waals surface area (Å²) in [5.41, 5.74) is 1.52. The number of aromatic nitrogens is 2. The summed E-state index contributed by atoms with van der Waals surface area (Å²) in [5, 5.41) is 0.536. The fraction of sp³-hybridized carbons (Fsp3) is 0.312. The third-order valence-corrected chi connectivity index (χ3v) is 4.31. The van der Waals surface area contributed by atoms with Crippen LogP contribution < -0.4 is 0 Å². The number of hydrogen-bond donors (Lipinski definition) is 0. The topological polar surface area (TPSA) is 55.3 Å². The number of morpholine rings is 1. The summed E-state index contributed by atoms with van der Waals surface area (Å²) in [4.78, 5) is 22.5. The van der Waals surface area contributed by atoms with Crippen molar-refractivity contribution in [1.82, 2.24) is 14.9 Å². The number of nitrogens with zero attached hydrogens (tertiary/aromatic N) is 3. The molecule has 2 heterocycles. The molecule has 5 nitrogen and oxygen atoms in total. The van der Waals surface area contributed by atoms with E-state index in [1.165, 1.54) is 23.9 Å². The van der Waals surface area contributed by atoms with Gasteiger partial charge in [-0.25, -0.2) is 14.4 Å². The van der Waals surface area contributed by atoms with E-state index < -0.39 is 0 Å². The number of carbonyl (C=O) groups is 1. The molecule has 1 aliphatic heterocycles. The van der Waals surface area contributed by atoms with Crippen LogP contribution in [-0.2, 0) is 9.53 Å². The number of benzene rings is 1. The maximum atomic E-state index is 13.0. The molecular weight excluding hydrogens is 317 g/mol. The second-order valence-corrected chi connectivity index (χ2v) is 5.96. The van der Waals surface area contributed by atoms with Gasteiger partial charge in [-0.05, 0) is 30.3 Å². The predicted molar refractivity (Wildman–Crippen MR) is 85.5 cm³/mol. The Kier molecular flexibility index (Phi) is 5.19. The molecule has 120 valence electrons. The van der Waals surface area contributed by atoms with E-state index in [2.05, 4.69) is 9.97 Å². The van der Waals surface area contributed by atoms with Gasteiger partial charge in [0, 0.05) is 24.8 Å². The van der Waals surface area contributed by atoms with E-state index in [0.717, 1.165) is 5.56 Å². The minimum atomic E-state index is -0.284. The quantitative estimate of drug-likeness (QED) is 0.634. The molecule has 0 N–H and O–H groups in total. The fourth-order valence-corrected chi connectivity index (χ4v) is 2.96. The Hall–Kier alpha value is -1.99. The molecule has 0 atom stereocenters. The number of amides is 1. The van der Waals surface area contributed by atoms with Gasteiger partial charge >= 0.3 is 0 Å². The summed E-state index contributed by atoms with van der Waals surface area (Å²) < 4.78 is 18.2. The zero-order valence-corrected chi connectivity index (χ0v) is 13.3. The lowest BCUT2D eigenvalue weighted by Gasteiger charge is -2.26. The maximum Gasteiger partial charge on any atom is 0.233 e. The first-order valence-electron chi connectivity index (χ1n) is 7.30. The van der Waals surface area contributed by atoms with Crippen molar-refractivity contribution in [2.45, 2.75) is 5.16 Å². The molecular formula is C16H16FN3O2S. The summed E-state index contributed by atoms with van der Waals surface area (Å²) >= 11 is 1.31. The van der Waals surface area contributed by atoms with Crippen LogP contribution in [0.25, 0.3) is 11.3 Å². The fourth-order valence-electron chi connectivity index (χ4n) is 2.22. The molecule has 3 rings (SSSR count). The van der Waals surface area contributed by atoms with Gasteiger partial charge in [0.1, 0.15) is 5.82 Å². The first-order valence-corrected chi connectivity index (χ1v) is 8.28. The molecule has 1 aromatic carbocycles. The van der Waals surface area contributed by atoms with Crippen molar-refractivity contribution in [3.8, 4) is 11.3 Å². The number of ether oxygens (including phenoxy) is 1. The standard InChI is InChI=1S/C16H16FN3O2S/c17-13-3-1-12(2-4-13)14-5-6-18-16(19-14)23-11-15(21)20-7-9-22-10-8-20/h1-6H,7-11H2. The van der Waals surface area contributed by atoms with Crippen LogP contribution in [0.1, 0.15) is 0 Å². The van der Waals surface area contributed by atoms with Gasteiger partial charge in [0.15, 0.2) is 5.16 Å². The summed E-state index contributed by atoms with van der Waals surface area (Å²) in [6.45, 7) is 2.45. The van der Waals surface area contributed by atoms with E-state index in [9.17, 15) is 9.18 Å². The van der Waals surface area contributed by atoms with E-state index in [1.807, 2.05) is 0 Å². The third kappa shape index (κ3) is 4.27. The Morgan fingerprint density at radius 2 is 1.96 bits per heavy atom. The number of halogens is 1. The van der Waals surface area contributed by atoms with Crippen LogP contribution in [0.5, 0.6) is 0 Å². The summed E-state index contributed by atoms with van der Waals surface area (Å²) in [7, 11) is 0. The average molecular weight is 333 g/mol. The van der Waals surface area contributed by atoms with Gasteiger partial charge in [-0.15, -0.1) is 0 Å². The molecule has 0 unspecified atom stereocenters. The number of carbonyl (C=O) groups excluding carboxylic acids is 1. The van der Waals surface area contributed by atoms with Gasteiger partial charge in [-0.1, -0.05) is 11.8 Å². The minimum Gasteiger partial charge on any atom is -0.378 e. The van der Waals surface area contributed by atoms with E-state index >= 15 is 0 Å². The molecule has 0 aliphatic carbocycles. The lowest BCUT2D eigenvalue weighted by Crippen LogP contribution is -2.41. The van der Waals surface area contributed by atoms with Gasteiger partial charge in [0.25, 0.3) is 0 Å². The zero-order valence-electron chi connectivity index (χ0n) is 12.4. The first-order chi connectivity index (χ1) is 11.2. The summed E-state index contributed by atoms with van der Waals surface area (Å²) in [6, 6.07) is 7.90. The summed E-state index contributed by atoms with van der Waals surface area (Å²) in [5.74, 6) is 0.0787. The van der Waals surface area contributed by atoms with Crippen LogP contribution in [0.2, 0.25) is 0 Å². The van der Waals surface area contributed by atoms with Gasteiger partial charge in [-0.3, -0.25) is 4.79 Å². The van der Waals surface area contributed by atoms with Crippen molar-refractivity contribution in [2.75, 3.05) is 32.1 Å². The molecule has 1 saturated heterocycles. The molecule has 1 amide bonds. The Bertz CT molecular complexity index is 675. The van der Waals surface area contributed by atoms with Crippen LogP contribution in [0.15, 0.2) is 41.7 Å². The Balaban J connectivity index is 1.63. The van der Waals surface area contributed by atoms with Crippen molar-refractivity contribution in [3.63, 3.8) is 0 Å². The molecule has 7 heteroatoms. The molecule has 2 aromatic rings. The molecule has 1 fully saturated rings. The van der Waals surface area contributed by atoms with Crippen molar-refractivity contribution >= 4 is 17.7 Å². The minimum absolute atomic E-state index is 0.0640. The SMILES string of the molecule is O=C(CSc1nccc(-c2ccc(F)cc2)n1)N1CCOCC1. The van der Waals surface area contributed by atoms with Crippen molar-refractivity contribution < 1.29 is 13.9 Å². The van der Waals surface area contributed by atoms with Gasteiger partial charge in [0.2, 0.25) is 5.91 Å². The van der Waals surface area contributed by atoms with Crippen LogP contribution in [0, 0.1) is 5.82 Å². The van der Waals surface area contributed by atoms with E-state index in [4.69, 9.17) is 4.74 Å². The second kappa shape index (κ2) is 7.52. The Morgan fingerprint density at radius 1 is 1.22 bits per heavy atom. The zero-order chi connectivity index (χ0) is 16.1. The Morgan fingerprint density at radius 3 is 2.70 bits per heavy atom. The van der Waals surface area contributed by atoms with Crippen molar-refractivity contribution in [3.05, 3.63) is 42.3 Å². The van der Waals surface area contributed by atoms with Crippen LogP contribution >= 0.6 is 11.8 Å². The number of rotatable bonds is 4.